The number of piperazine rings is 1. The fourth-order valence-electron chi connectivity index (χ4n) is 3.40. The standard InChI is InChI=1S/C21H21N5O3/c27-21(9-6-17-4-7-19(8-5-17)26(28)29)24-13-11-23(12-14-24)16-18-15-20-3-1-2-10-25(20)22-18/h1-10,15H,11-14,16H2/b9-6+. The molecule has 0 radical (unpaired) electrons. The Hall–Kier alpha value is -3.52. The smallest absolute Gasteiger partial charge is 0.269 e. The Balaban J connectivity index is 1.29. The highest BCUT2D eigenvalue weighted by Crippen LogP contribution is 2.14. The number of rotatable bonds is 5. The first-order valence-electron chi connectivity index (χ1n) is 9.45. The van der Waals surface area contributed by atoms with E-state index in [4.69, 9.17) is 0 Å². The molecule has 1 aromatic carbocycles. The molecule has 1 aliphatic rings. The van der Waals surface area contributed by atoms with Gasteiger partial charge in [-0.25, -0.2) is 4.52 Å². The lowest BCUT2D eigenvalue weighted by atomic mass is 10.2. The summed E-state index contributed by atoms with van der Waals surface area (Å²) in [7, 11) is 0. The number of non-ortho nitro benzene ring substituents is 1. The average Bonchev–Trinajstić information content (AvgIpc) is 3.15. The van der Waals surface area contributed by atoms with E-state index in [1.54, 1.807) is 18.2 Å². The summed E-state index contributed by atoms with van der Waals surface area (Å²) in [6.45, 7) is 3.69. The second-order valence-electron chi connectivity index (χ2n) is 6.99. The Morgan fingerprint density at radius 2 is 1.86 bits per heavy atom. The SMILES string of the molecule is O=C(/C=C/c1ccc([N+](=O)[O-])cc1)N1CCN(Cc2cc3ccccn3n2)CC1. The van der Waals surface area contributed by atoms with Crippen LogP contribution in [0.15, 0.2) is 60.8 Å². The summed E-state index contributed by atoms with van der Waals surface area (Å²) in [6, 6.07) is 14.2. The number of nitro benzene ring substituents is 1. The molecule has 148 valence electrons. The molecular formula is C21H21N5O3. The number of pyridine rings is 1. The van der Waals surface area contributed by atoms with Gasteiger partial charge in [0.05, 0.1) is 16.1 Å². The molecule has 0 N–H and O–H groups in total. The lowest BCUT2D eigenvalue weighted by Gasteiger charge is -2.33. The topological polar surface area (TPSA) is 84.0 Å². The van der Waals surface area contributed by atoms with Gasteiger partial charge in [0.25, 0.3) is 5.69 Å². The zero-order valence-electron chi connectivity index (χ0n) is 15.8. The molecule has 0 aliphatic carbocycles. The third-order valence-electron chi connectivity index (χ3n) is 5.01. The predicted molar refractivity (Wildman–Crippen MR) is 109 cm³/mol. The molecule has 0 spiro atoms. The molecule has 0 saturated carbocycles. The maximum absolute atomic E-state index is 12.4. The van der Waals surface area contributed by atoms with Crippen molar-refractivity contribution in [1.29, 1.82) is 0 Å². The minimum absolute atomic E-state index is 0.0372. The van der Waals surface area contributed by atoms with Crippen molar-refractivity contribution in [1.82, 2.24) is 19.4 Å². The minimum atomic E-state index is -0.440. The van der Waals surface area contributed by atoms with E-state index < -0.39 is 4.92 Å². The highest BCUT2D eigenvalue weighted by molar-refractivity contribution is 5.91. The monoisotopic (exact) mass is 391 g/mol. The zero-order chi connectivity index (χ0) is 20.2. The molecule has 2 aromatic heterocycles. The molecule has 1 aliphatic heterocycles. The quantitative estimate of drug-likeness (QED) is 0.379. The molecule has 0 atom stereocenters. The average molecular weight is 391 g/mol. The van der Waals surface area contributed by atoms with Crippen LogP contribution in [0, 0.1) is 10.1 Å². The van der Waals surface area contributed by atoms with Crippen LogP contribution in [0.4, 0.5) is 5.69 Å². The normalized spacial score (nSPS) is 15.2. The summed E-state index contributed by atoms with van der Waals surface area (Å²) in [6.07, 6.45) is 5.15. The molecular weight excluding hydrogens is 370 g/mol. The number of amides is 1. The molecule has 1 amide bonds. The Morgan fingerprint density at radius 1 is 1.10 bits per heavy atom. The summed E-state index contributed by atoms with van der Waals surface area (Å²) >= 11 is 0. The number of nitro groups is 1. The Kier molecular flexibility index (Phi) is 5.35. The summed E-state index contributed by atoms with van der Waals surface area (Å²) in [5.41, 5.74) is 2.89. The number of nitrogens with zero attached hydrogens (tertiary/aromatic N) is 5. The van der Waals surface area contributed by atoms with Gasteiger partial charge in [-0.15, -0.1) is 0 Å². The van der Waals surface area contributed by atoms with Crippen LogP contribution in [0.5, 0.6) is 0 Å². The highest BCUT2D eigenvalue weighted by atomic mass is 16.6. The van der Waals surface area contributed by atoms with Crippen molar-refractivity contribution in [3.8, 4) is 0 Å². The fourth-order valence-corrected chi connectivity index (χ4v) is 3.40. The van der Waals surface area contributed by atoms with Crippen LogP contribution in [-0.4, -0.2) is 56.4 Å². The maximum atomic E-state index is 12.4. The van der Waals surface area contributed by atoms with Crippen LogP contribution in [0.1, 0.15) is 11.3 Å². The Morgan fingerprint density at radius 3 is 2.55 bits per heavy atom. The van der Waals surface area contributed by atoms with E-state index in [0.29, 0.717) is 13.1 Å². The second kappa shape index (κ2) is 8.24. The summed E-state index contributed by atoms with van der Waals surface area (Å²) in [4.78, 5) is 26.8. The van der Waals surface area contributed by atoms with Gasteiger partial charge in [0.15, 0.2) is 0 Å². The van der Waals surface area contributed by atoms with E-state index >= 15 is 0 Å². The number of aromatic nitrogens is 2. The number of fused-ring (bicyclic) bond motifs is 1. The van der Waals surface area contributed by atoms with Crippen LogP contribution in [-0.2, 0) is 11.3 Å². The summed E-state index contributed by atoms with van der Waals surface area (Å²) in [5, 5.41) is 15.3. The van der Waals surface area contributed by atoms with Gasteiger partial charge < -0.3 is 4.90 Å². The van der Waals surface area contributed by atoms with Crippen LogP contribution < -0.4 is 0 Å². The highest BCUT2D eigenvalue weighted by Gasteiger charge is 2.20. The first-order chi connectivity index (χ1) is 14.1. The van der Waals surface area contributed by atoms with Crippen LogP contribution in [0.3, 0.4) is 0 Å². The van der Waals surface area contributed by atoms with E-state index in [1.165, 1.54) is 18.2 Å². The molecule has 3 heterocycles. The molecule has 3 aromatic rings. The van der Waals surface area contributed by atoms with Gasteiger partial charge in [0.2, 0.25) is 5.91 Å². The van der Waals surface area contributed by atoms with E-state index in [-0.39, 0.29) is 11.6 Å². The van der Waals surface area contributed by atoms with Gasteiger partial charge in [0, 0.05) is 57.1 Å². The van der Waals surface area contributed by atoms with Gasteiger partial charge in [0.1, 0.15) is 0 Å². The minimum Gasteiger partial charge on any atom is -0.337 e. The lowest BCUT2D eigenvalue weighted by Crippen LogP contribution is -2.47. The molecule has 8 heteroatoms. The van der Waals surface area contributed by atoms with E-state index in [9.17, 15) is 14.9 Å². The predicted octanol–water partition coefficient (Wildman–Crippen LogP) is 2.60. The number of carbonyl (C=O) groups is 1. The lowest BCUT2D eigenvalue weighted by molar-refractivity contribution is -0.384. The molecule has 0 bridgehead atoms. The number of hydrogen-bond acceptors (Lipinski definition) is 5. The van der Waals surface area contributed by atoms with E-state index in [2.05, 4.69) is 16.1 Å². The van der Waals surface area contributed by atoms with E-state index in [1.807, 2.05) is 33.8 Å². The molecule has 1 saturated heterocycles. The van der Waals surface area contributed by atoms with Crippen LogP contribution >= 0.6 is 0 Å². The van der Waals surface area contributed by atoms with Crippen molar-refractivity contribution in [2.45, 2.75) is 6.54 Å². The third-order valence-corrected chi connectivity index (χ3v) is 5.01. The first-order valence-corrected chi connectivity index (χ1v) is 9.45. The van der Waals surface area contributed by atoms with E-state index in [0.717, 1.165) is 36.4 Å². The zero-order valence-corrected chi connectivity index (χ0v) is 15.8. The first kappa shape index (κ1) is 18.8. The number of benzene rings is 1. The maximum Gasteiger partial charge on any atom is 0.269 e. The Bertz CT molecular complexity index is 1020. The summed E-state index contributed by atoms with van der Waals surface area (Å²) < 4.78 is 1.87. The number of carbonyl (C=O) groups excluding carboxylic acids is 1. The van der Waals surface area contributed by atoms with Crippen molar-refractivity contribution in [2.75, 3.05) is 26.2 Å². The molecule has 29 heavy (non-hydrogen) atoms. The van der Waals surface area contributed by atoms with Gasteiger partial charge in [-0.1, -0.05) is 6.07 Å². The van der Waals surface area contributed by atoms with Gasteiger partial charge >= 0.3 is 0 Å². The largest absolute Gasteiger partial charge is 0.337 e. The molecule has 4 rings (SSSR count). The van der Waals surface area contributed by atoms with Crippen molar-refractivity contribution >= 4 is 23.2 Å². The van der Waals surface area contributed by atoms with Gasteiger partial charge in [-0.3, -0.25) is 19.8 Å². The third kappa shape index (κ3) is 4.49. The van der Waals surface area contributed by atoms with Crippen molar-refractivity contribution in [2.24, 2.45) is 0 Å². The fraction of sp³-hybridized carbons (Fsp3) is 0.238. The molecule has 8 nitrogen and oxygen atoms in total. The number of hydrogen-bond donors (Lipinski definition) is 0. The molecule has 0 unspecified atom stereocenters. The van der Waals surface area contributed by atoms with Crippen molar-refractivity contribution in [3.63, 3.8) is 0 Å². The Labute approximate surface area is 167 Å². The summed E-state index contributed by atoms with van der Waals surface area (Å²) in [5.74, 6) is -0.0456. The van der Waals surface area contributed by atoms with Crippen LogP contribution in [0.2, 0.25) is 0 Å². The second-order valence-corrected chi connectivity index (χ2v) is 6.99. The van der Waals surface area contributed by atoms with Crippen LogP contribution in [0.25, 0.3) is 11.6 Å². The molecule has 1 fully saturated rings. The van der Waals surface area contributed by atoms with Crippen molar-refractivity contribution in [3.05, 3.63) is 82.2 Å². The van der Waals surface area contributed by atoms with Gasteiger partial charge in [-0.2, -0.15) is 5.10 Å². The van der Waals surface area contributed by atoms with Gasteiger partial charge in [-0.05, 0) is 42.0 Å². The van der Waals surface area contributed by atoms with Crippen molar-refractivity contribution < 1.29 is 9.72 Å².